The zero-order valence-electron chi connectivity index (χ0n) is 16.5. The number of rotatable bonds is 11. The maximum absolute atomic E-state index is 13.3. The molecule has 1 heterocycles. The Bertz CT molecular complexity index is 773. The van der Waals surface area contributed by atoms with Gasteiger partial charge in [0.2, 0.25) is 11.8 Å². The summed E-state index contributed by atoms with van der Waals surface area (Å²) in [6.07, 6.45) is 5.35. The van der Waals surface area contributed by atoms with Crippen LogP contribution in [0.1, 0.15) is 56.4 Å². The lowest BCUT2D eigenvalue weighted by atomic mass is 10.1. The minimum absolute atomic E-state index is 0.114. The van der Waals surface area contributed by atoms with Crippen LogP contribution in [0, 0.1) is 5.82 Å². The maximum atomic E-state index is 13.3. The third-order valence-corrected chi connectivity index (χ3v) is 5.11. The molecule has 2 aromatic rings. The first-order valence-electron chi connectivity index (χ1n) is 9.78. The predicted octanol–water partition coefficient (Wildman–Crippen LogP) is 4.63. The van der Waals surface area contributed by atoms with Crippen LogP contribution >= 0.6 is 11.3 Å². The van der Waals surface area contributed by atoms with E-state index in [0.29, 0.717) is 24.4 Å². The van der Waals surface area contributed by atoms with E-state index in [0.717, 1.165) is 36.4 Å². The topological polar surface area (TPSA) is 62.3 Å². The molecule has 0 atom stereocenters. The lowest BCUT2D eigenvalue weighted by Crippen LogP contribution is -2.32. The zero-order valence-corrected chi connectivity index (χ0v) is 17.4. The van der Waals surface area contributed by atoms with E-state index in [2.05, 4.69) is 24.1 Å². The molecule has 0 saturated carbocycles. The average molecular weight is 406 g/mol. The summed E-state index contributed by atoms with van der Waals surface area (Å²) in [6.45, 7) is 5.65. The molecule has 1 aromatic heterocycles. The van der Waals surface area contributed by atoms with Gasteiger partial charge in [-0.25, -0.2) is 9.37 Å². The summed E-state index contributed by atoms with van der Waals surface area (Å²) in [4.78, 5) is 31.4. The molecule has 0 aliphatic heterocycles. The van der Waals surface area contributed by atoms with Crippen LogP contribution in [0.4, 0.5) is 9.52 Å². The van der Waals surface area contributed by atoms with Gasteiger partial charge in [0.05, 0.1) is 0 Å². The van der Waals surface area contributed by atoms with Crippen molar-refractivity contribution < 1.29 is 14.0 Å². The molecule has 0 fully saturated rings. The number of thiazole rings is 1. The number of nitrogens with zero attached hydrogens (tertiary/aromatic N) is 2. The second kappa shape index (κ2) is 11.5. The number of anilines is 1. The van der Waals surface area contributed by atoms with E-state index in [1.807, 2.05) is 11.0 Å². The van der Waals surface area contributed by atoms with Gasteiger partial charge in [-0.1, -0.05) is 26.0 Å². The normalized spacial score (nSPS) is 10.7. The monoisotopic (exact) mass is 405 g/mol. The maximum Gasteiger partial charge on any atom is 0.226 e. The standard InChI is InChI=1S/C21H28FN3O2S/c1-3-11-25(12-4-2)20(27)10-6-9-19(26)24-21-23-15-18(28-21)14-16-7-5-8-17(22)13-16/h5,7-8,13,15H,3-4,6,9-12,14H2,1-2H3,(H,23,24,26). The number of hydrogen-bond acceptors (Lipinski definition) is 4. The highest BCUT2D eigenvalue weighted by Gasteiger charge is 2.13. The molecule has 2 rings (SSSR count). The Morgan fingerprint density at radius 1 is 1.18 bits per heavy atom. The fourth-order valence-corrected chi connectivity index (χ4v) is 3.80. The number of aromatic nitrogens is 1. The lowest BCUT2D eigenvalue weighted by Gasteiger charge is -2.21. The molecule has 5 nitrogen and oxygen atoms in total. The lowest BCUT2D eigenvalue weighted by molar-refractivity contribution is -0.131. The largest absolute Gasteiger partial charge is 0.343 e. The molecule has 1 N–H and O–H groups in total. The van der Waals surface area contributed by atoms with Crippen LogP contribution in [0.15, 0.2) is 30.5 Å². The molecule has 0 bridgehead atoms. The van der Waals surface area contributed by atoms with Crippen LogP contribution in [-0.4, -0.2) is 34.8 Å². The fraction of sp³-hybridized carbons (Fsp3) is 0.476. The van der Waals surface area contributed by atoms with Gasteiger partial charge >= 0.3 is 0 Å². The molecule has 2 amide bonds. The van der Waals surface area contributed by atoms with E-state index in [9.17, 15) is 14.0 Å². The molecule has 0 aliphatic carbocycles. The molecule has 0 spiro atoms. The van der Waals surface area contributed by atoms with Gasteiger partial charge in [0.25, 0.3) is 0 Å². The average Bonchev–Trinajstić information content (AvgIpc) is 3.08. The highest BCUT2D eigenvalue weighted by Crippen LogP contribution is 2.21. The van der Waals surface area contributed by atoms with Gasteiger partial charge in [-0.05, 0) is 37.0 Å². The van der Waals surface area contributed by atoms with E-state index < -0.39 is 0 Å². The number of amides is 2. The van der Waals surface area contributed by atoms with Gasteiger partial charge in [0.15, 0.2) is 5.13 Å². The van der Waals surface area contributed by atoms with Crippen molar-refractivity contribution in [3.63, 3.8) is 0 Å². The Morgan fingerprint density at radius 3 is 2.61 bits per heavy atom. The van der Waals surface area contributed by atoms with Crippen molar-refractivity contribution in [3.8, 4) is 0 Å². The Hall–Kier alpha value is -2.28. The molecule has 0 saturated heterocycles. The number of benzene rings is 1. The van der Waals surface area contributed by atoms with E-state index in [1.165, 1.54) is 23.5 Å². The molecular weight excluding hydrogens is 377 g/mol. The molecule has 0 unspecified atom stereocenters. The highest BCUT2D eigenvalue weighted by atomic mass is 32.1. The quantitative estimate of drug-likeness (QED) is 0.593. The van der Waals surface area contributed by atoms with Crippen LogP contribution in [0.5, 0.6) is 0 Å². The van der Waals surface area contributed by atoms with E-state index in [1.54, 1.807) is 12.3 Å². The summed E-state index contributed by atoms with van der Waals surface area (Å²) in [7, 11) is 0. The SMILES string of the molecule is CCCN(CCC)C(=O)CCCC(=O)Nc1ncc(Cc2cccc(F)c2)s1. The van der Waals surface area contributed by atoms with Crippen molar-refractivity contribution in [2.75, 3.05) is 18.4 Å². The number of halogens is 1. The van der Waals surface area contributed by atoms with Crippen molar-refractivity contribution in [3.05, 3.63) is 46.7 Å². The molecule has 28 heavy (non-hydrogen) atoms. The van der Waals surface area contributed by atoms with Crippen molar-refractivity contribution >= 4 is 28.3 Å². The van der Waals surface area contributed by atoms with Crippen molar-refractivity contribution in [1.29, 1.82) is 0 Å². The summed E-state index contributed by atoms with van der Waals surface area (Å²) in [6, 6.07) is 6.45. The van der Waals surface area contributed by atoms with Gasteiger partial charge in [0.1, 0.15) is 5.82 Å². The fourth-order valence-electron chi connectivity index (χ4n) is 2.94. The van der Waals surface area contributed by atoms with Gasteiger partial charge < -0.3 is 10.2 Å². The summed E-state index contributed by atoms with van der Waals surface area (Å²) in [5.74, 6) is -0.290. The summed E-state index contributed by atoms with van der Waals surface area (Å²) >= 11 is 1.38. The third kappa shape index (κ3) is 7.38. The summed E-state index contributed by atoms with van der Waals surface area (Å²) in [5.41, 5.74) is 0.865. The van der Waals surface area contributed by atoms with Gasteiger partial charge in [-0.15, -0.1) is 11.3 Å². The first-order valence-corrected chi connectivity index (χ1v) is 10.6. The van der Waals surface area contributed by atoms with Crippen molar-refractivity contribution in [2.45, 2.75) is 52.4 Å². The van der Waals surface area contributed by atoms with E-state index in [4.69, 9.17) is 0 Å². The molecule has 0 aliphatic rings. The Labute approximate surface area is 170 Å². The van der Waals surface area contributed by atoms with E-state index >= 15 is 0 Å². The minimum atomic E-state index is -0.262. The van der Waals surface area contributed by atoms with Crippen LogP contribution in [0.2, 0.25) is 0 Å². The number of carbonyl (C=O) groups excluding carboxylic acids is 2. The number of carbonyl (C=O) groups is 2. The molecule has 0 radical (unpaired) electrons. The molecule has 7 heteroatoms. The van der Waals surface area contributed by atoms with E-state index in [-0.39, 0.29) is 24.1 Å². The van der Waals surface area contributed by atoms with Crippen molar-refractivity contribution in [2.24, 2.45) is 0 Å². The predicted molar refractivity (Wildman–Crippen MR) is 111 cm³/mol. The summed E-state index contributed by atoms with van der Waals surface area (Å²) in [5, 5.41) is 3.31. The highest BCUT2D eigenvalue weighted by molar-refractivity contribution is 7.15. The van der Waals surface area contributed by atoms with Crippen LogP contribution < -0.4 is 5.32 Å². The van der Waals surface area contributed by atoms with Crippen molar-refractivity contribution in [1.82, 2.24) is 9.88 Å². The molecule has 152 valence electrons. The van der Waals surface area contributed by atoms with Gasteiger partial charge in [-0.2, -0.15) is 0 Å². The number of nitrogens with one attached hydrogen (secondary N) is 1. The number of hydrogen-bond donors (Lipinski definition) is 1. The summed E-state index contributed by atoms with van der Waals surface area (Å²) < 4.78 is 13.3. The Morgan fingerprint density at radius 2 is 1.93 bits per heavy atom. The third-order valence-electron chi connectivity index (χ3n) is 4.20. The van der Waals surface area contributed by atoms with Gasteiger partial charge in [-0.3, -0.25) is 9.59 Å². The van der Waals surface area contributed by atoms with Crippen LogP contribution in [0.3, 0.4) is 0 Å². The molecule has 1 aromatic carbocycles. The van der Waals surface area contributed by atoms with Gasteiger partial charge in [0, 0.05) is 43.4 Å². The van der Waals surface area contributed by atoms with Crippen LogP contribution in [-0.2, 0) is 16.0 Å². The molecular formula is C21H28FN3O2S. The Kier molecular flexibility index (Phi) is 9.07. The Balaban J connectivity index is 1.76. The first kappa shape index (κ1) is 22.0. The van der Waals surface area contributed by atoms with Crippen LogP contribution in [0.25, 0.3) is 0 Å². The first-order chi connectivity index (χ1) is 13.5. The smallest absolute Gasteiger partial charge is 0.226 e. The second-order valence-electron chi connectivity index (χ2n) is 6.72. The minimum Gasteiger partial charge on any atom is -0.343 e. The zero-order chi connectivity index (χ0) is 20.4. The second-order valence-corrected chi connectivity index (χ2v) is 7.84.